The largest absolute Gasteiger partial charge is 0.447 e. The number of nitrogens with one attached hydrogen (secondary N) is 1. The number of hydrogen-bond donors (Lipinski definition) is 2. The van der Waals surface area contributed by atoms with Crippen molar-refractivity contribution >= 4 is 5.91 Å². The van der Waals surface area contributed by atoms with Crippen molar-refractivity contribution in [1.29, 1.82) is 0 Å². The van der Waals surface area contributed by atoms with Crippen LogP contribution in [-0.4, -0.2) is 89.2 Å². The van der Waals surface area contributed by atoms with Gasteiger partial charge in [-0.25, -0.2) is 4.98 Å². The van der Waals surface area contributed by atoms with E-state index < -0.39 is 23.8 Å². The van der Waals surface area contributed by atoms with E-state index in [1.165, 1.54) is 18.4 Å². The van der Waals surface area contributed by atoms with Crippen LogP contribution in [0.5, 0.6) is 0 Å². The van der Waals surface area contributed by atoms with E-state index in [4.69, 9.17) is 4.42 Å². The minimum absolute atomic E-state index is 0.0499. The van der Waals surface area contributed by atoms with E-state index in [2.05, 4.69) is 38.8 Å². The Labute approximate surface area is 203 Å². The first-order valence-electron chi connectivity index (χ1n) is 11.7. The smallest absolute Gasteiger partial charge is 0.416 e. The quantitative estimate of drug-likeness (QED) is 0.522. The summed E-state index contributed by atoms with van der Waals surface area (Å²) in [5.74, 6) is -0.108. The maximum Gasteiger partial charge on any atom is 0.416 e. The molecule has 0 spiro atoms. The lowest BCUT2D eigenvalue weighted by molar-refractivity contribution is -0.137. The number of likely N-dealkylation sites (N-methyl/N-ethyl adjacent to an activating group) is 1. The highest BCUT2D eigenvalue weighted by Gasteiger charge is 2.30. The standard InChI is InChI=1S/C24H34F3N5O3/c1-17(2)30(3)13-20(33)14-31-7-9-32(10-8-31)15-22-29-21(16-35-22)23(34)28-12-18-5-4-6-19(11-18)24(25,26)27/h4-6,11,16-17,20,33H,7-10,12-15H2,1-3H3,(H,28,34)/t20-/m1/s1. The summed E-state index contributed by atoms with van der Waals surface area (Å²) in [5, 5.41) is 12.9. The Kier molecular flexibility index (Phi) is 9.28. The Morgan fingerprint density at radius 2 is 1.91 bits per heavy atom. The second-order valence-electron chi connectivity index (χ2n) is 9.27. The van der Waals surface area contributed by atoms with Crippen molar-refractivity contribution in [1.82, 2.24) is 25.0 Å². The molecule has 1 saturated heterocycles. The van der Waals surface area contributed by atoms with Gasteiger partial charge in [0.25, 0.3) is 5.91 Å². The van der Waals surface area contributed by atoms with Gasteiger partial charge in [-0.3, -0.25) is 14.6 Å². The Morgan fingerprint density at radius 3 is 2.57 bits per heavy atom. The van der Waals surface area contributed by atoms with Gasteiger partial charge in [0.05, 0.1) is 18.2 Å². The molecule has 0 saturated carbocycles. The van der Waals surface area contributed by atoms with Crippen LogP contribution >= 0.6 is 0 Å². The molecular formula is C24H34F3N5O3. The molecule has 11 heteroatoms. The van der Waals surface area contributed by atoms with Gasteiger partial charge >= 0.3 is 6.18 Å². The number of hydrogen-bond acceptors (Lipinski definition) is 7. The summed E-state index contributed by atoms with van der Waals surface area (Å²) in [6.07, 6.45) is -3.58. The maximum absolute atomic E-state index is 12.8. The Hall–Kier alpha value is -2.47. The average Bonchev–Trinajstić information content (AvgIpc) is 3.27. The normalized spacial score (nSPS) is 16.7. The second-order valence-corrected chi connectivity index (χ2v) is 9.27. The number of rotatable bonds is 10. The first-order chi connectivity index (χ1) is 16.5. The van der Waals surface area contributed by atoms with E-state index >= 15 is 0 Å². The molecule has 2 heterocycles. The van der Waals surface area contributed by atoms with Crippen molar-refractivity contribution in [2.24, 2.45) is 0 Å². The molecule has 1 aromatic heterocycles. The second kappa shape index (κ2) is 12.0. The van der Waals surface area contributed by atoms with Gasteiger partial charge in [0.2, 0.25) is 5.89 Å². The molecule has 2 aromatic rings. The van der Waals surface area contributed by atoms with Gasteiger partial charge in [0.1, 0.15) is 6.26 Å². The number of aliphatic hydroxyl groups is 1. The third kappa shape index (κ3) is 8.31. The molecule has 35 heavy (non-hydrogen) atoms. The van der Waals surface area contributed by atoms with Crippen molar-refractivity contribution in [3.05, 3.63) is 53.2 Å². The van der Waals surface area contributed by atoms with Crippen LogP contribution in [0.2, 0.25) is 0 Å². The molecule has 194 valence electrons. The molecule has 0 bridgehead atoms. The number of β-amino-alcohol motifs (C(OH)–C–C–N with tert-alkyl or cyclic N) is 1. The van der Waals surface area contributed by atoms with Crippen LogP contribution in [0.1, 0.15) is 41.4 Å². The van der Waals surface area contributed by atoms with Crippen LogP contribution in [-0.2, 0) is 19.3 Å². The number of amides is 1. The van der Waals surface area contributed by atoms with Gasteiger partial charge < -0.3 is 19.7 Å². The zero-order valence-corrected chi connectivity index (χ0v) is 20.4. The van der Waals surface area contributed by atoms with Gasteiger partial charge in [-0.2, -0.15) is 13.2 Å². The number of alkyl halides is 3. The number of aromatic nitrogens is 1. The van der Waals surface area contributed by atoms with E-state index in [1.54, 1.807) is 0 Å². The maximum atomic E-state index is 12.8. The topological polar surface area (TPSA) is 85.1 Å². The van der Waals surface area contributed by atoms with Crippen LogP contribution in [0.4, 0.5) is 13.2 Å². The number of carbonyl (C=O) groups excluding carboxylic acids is 1. The minimum atomic E-state index is -4.43. The predicted octanol–water partition coefficient (Wildman–Crippen LogP) is 2.44. The van der Waals surface area contributed by atoms with Crippen LogP contribution in [0, 0.1) is 0 Å². The van der Waals surface area contributed by atoms with E-state index in [-0.39, 0.29) is 12.2 Å². The lowest BCUT2D eigenvalue weighted by atomic mass is 10.1. The van der Waals surface area contributed by atoms with E-state index in [0.717, 1.165) is 38.3 Å². The van der Waals surface area contributed by atoms with Crippen LogP contribution in [0.25, 0.3) is 0 Å². The molecule has 1 aliphatic heterocycles. The Balaban J connectivity index is 1.42. The summed E-state index contributed by atoms with van der Waals surface area (Å²) >= 11 is 0. The minimum Gasteiger partial charge on any atom is -0.447 e. The molecular weight excluding hydrogens is 463 g/mol. The fourth-order valence-electron chi connectivity index (χ4n) is 3.84. The molecule has 0 unspecified atom stereocenters. The van der Waals surface area contributed by atoms with Crippen LogP contribution in [0.15, 0.2) is 34.9 Å². The highest BCUT2D eigenvalue weighted by Crippen LogP contribution is 2.29. The van der Waals surface area contributed by atoms with Crippen molar-refractivity contribution in [2.75, 3.05) is 46.3 Å². The Bertz CT molecular complexity index is 958. The number of carbonyl (C=O) groups is 1. The van der Waals surface area contributed by atoms with Gasteiger partial charge in [0.15, 0.2) is 5.69 Å². The van der Waals surface area contributed by atoms with Gasteiger partial charge in [-0.1, -0.05) is 12.1 Å². The van der Waals surface area contributed by atoms with Gasteiger partial charge in [0, 0.05) is 51.9 Å². The third-order valence-corrected chi connectivity index (χ3v) is 6.16. The lowest BCUT2D eigenvalue weighted by Crippen LogP contribution is -2.49. The number of benzene rings is 1. The monoisotopic (exact) mass is 497 g/mol. The number of aliphatic hydroxyl groups excluding tert-OH is 1. The van der Waals surface area contributed by atoms with E-state index in [9.17, 15) is 23.1 Å². The van der Waals surface area contributed by atoms with Gasteiger partial charge in [-0.05, 0) is 38.6 Å². The SMILES string of the molecule is CC(C)N(C)C[C@@H](O)CN1CCN(Cc2nc(C(=O)NCc3cccc(C(F)(F)F)c3)co2)CC1. The third-order valence-electron chi connectivity index (χ3n) is 6.16. The summed E-state index contributed by atoms with van der Waals surface area (Å²) in [6, 6.07) is 5.21. The summed E-state index contributed by atoms with van der Waals surface area (Å²) < 4.78 is 44.0. The molecule has 1 aromatic carbocycles. The first kappa shape index (κ1) is 27.1. The number of piperazine rings is 1. The van der Waals surface area contributed by atoms with E-state index in [1.807, 2.05) is 7.05 Å². The average molecular weight is 498 g/mol. The molecule has 1 fully saturated rings. The molecule has 8 nitrogen and oxygen atoms in total. The van der Waals surface area contributed by atoms with Crippen molar-refractivity contribution in [3.8, 4) is 0 Å². The predicted molar refractivity (Wildman–Crippen MR) is 125 cm³/mol. The molecule has 1 atom stereocenters. The number of halogens is 3. The van der Waals surface area contributed by atoms with E-state index in [0.29, 0.717) is 37.1 Å². The highest BCUT2D eigenvalue weighted by atomic mass is 19.4. The van der Waals surface area contributed by atoms with Crippen molar-refractivity contribution in [3.63, 3.8) is 0 Å². The molecule has 1 aliphatic rings. The summed E-state index contributed by atoms with van der Waals surface area (Å²) in [6.45, 7) is 9.05. The van der Waals surface area contributed by atoms with Crippen LogP contribution < -0.4 is 5.32 Å². The first-order valence-corrected chi connectivity index (χ1v) is 11.7. The summed E-state index contributed by atoms with van der Waals surface area (Å²) in [4.78, 5) is 23.1. The van der Waals surface area contributed by atoms with Gasteiger partial charge in [-0.15, -0.1) is 0 Å². The zero-order chi connectivity index (χ0) is 25.6. The number of oxazole rings is 1. The zero-order valence-electron chi connectivity index (χ0n) is 20.4. The highest BCUT2D eigenvalue weighted by molar-refractivity contribution is 5.91. The molecule has 0 aliphatic carbocycles. The fraction of sp³-hybridized carbons (Fsp3) is 0.583. The number of nitrogens with zero attached hydrogens (tertiary/aromatic N) is 4. The lowest BCUT2D eigenvalue weighted by Gasteiger charge is -2.35. The molecule has 0 radical (unpaired) electrons. The molecule has 1 amide bonds. The molecule has 2 N–H and O–H groups in total. The fourth-order valence-corrected chi connectivity index (χ4v) is 3.84. The molecule has 3 rings (SSSR count). The van der Waals surface area contributed by atoms with Crippen molar-refractivity contribution in [2.45, 2.75) is 45.3 Å². The van der Waals surface area contributed by atoms with Crippen molar-refractivity contribution < 1.29 is 27.5 Å². The van der Waals surface area contributed by atoms with Crippen LogP contribution in [0.3, 0.4) is 0 Å². The summed E-state index contributed by atoms with van der Waals surface area (Å²) in [7, 11) is 2.00. The summed E-state index contributed by atoms with van der Waals surface area (Å²) in [5.41, 5.74) is -0.329. The Morgan fingerprint density at radius 1 is 1.23 bits per heavy atom.